The van der Waals surface area contributed by atoms with E-state index in [0.717, 1.165) is 27.2 Å². The number of alkyl halides is 1. The van der Waals surface area contributed by atoms with Crippen molar-refractivity contribution in [3.63, 3.8) is 0 Å². The van der Waals surface area contributed by atoms with Gasteiger partial charge in [-0.3, -0.25) is 9.52 Å². The number of pyridine rings is 1. The van der Waals surface area contributed by atoms with Crippen LogP contribution in [0, 0.1) is 11.6 Å². The molecule has 242 valence electrons. The van der Waals surface area contributed by atoms with Gasteiger partial charge < -0.3 is 14.0 Å². The number of ketones is 1. The van der Waals surface area contributed by atoms with E-state index in [1.54, 1.807) is 20.8 Å². The molecule has 2 aliphatic heterocycles. The highest BCUT2D eigenvalue weighted by Gasteiger charge is 2.52. The minimum Gasteiger partial charge on any atom is -0.443 e. The van der Waals surface area contributed by atoms with Gasteiger partial charge in [-0.25, -0.2) is 27.5 Å². The number of nitrogens with zero attached hydrogens (tertiary/aromatic N) is 3. The third kappa shape index (κ3) is 6.20. The molecule has 1 aromatic carbocycles. The number of hydrogen-bond donors (Lipinski definition) is 1. The van der Waals surface area contributed by atoms with Gasteiger partial charge >= 0.3 is 23.4 Å². The Morgan fingerprint density at radius 1 is 1.13 bits per heavy atom. The highest BCUT2D eigenvalue weighted by Crippen LogP contribution is 2.37. The lowest BCUT2D eigenvalue weighted by atomic mass is 9.79. The number of hydrogen-bond acceptors (Lipinski definition) is 8. The second kappa shape index (κ2) is 11.1. The molecule has 0 spiro atoms. The first-order chi connectivity index (χ1) is 20.7. The molecule has 0 unspecified atom stereocenters. The Morgan fingerprint density at radius 3 is 2.36 bits per heavy atom. The van der Waals surface area contributed by atoms with Crippen molar-refractivity contribution < 1.29 is 45.2 Å². The van der Waals surface area contributed by atoms with Crippen molar-refractivity contribution in [3.8, 4) is 0 Å². The van der Waals surface area contributed by atoms with Gasteiger partial charge in [0.25, 0.3) is 0 Å². The van der Waals surface area contributed by atoms with Gasteiger partial charge in [0.2, 0.25) is 5.78 Å². The Labute approximate surface area is 259 Å². The summed E-state index contributed by atoms with van der Waals surface area (Å²) in [5, 5.41) is 0.0360. The molecule has 5 rings (SSSR count). The number of rotatable bonds is 6. The van der Waals surface area contributed by atoms with Crippen LogP contribution in [0.25, 0.3) is 11.0 Å². The van der Waals surface area contributed by atoms with Crippen molar-refractivity contribution in [1.82, 2.24) is 13.9 Å². The van der Waals surface area contributed by atoms with Gasteiger partial charge in [-0.2, -0.15) is 12.7 Å². The van der Waals surface area contributed by atoms with E-state index in [2.05, 4.69) is 4.98 Å². The monoisotopic (exact) mass is 650 g/mol. The average Bonchev–Trinajstić information content (AvgIpc) is 3.58. The Kier molecular flexibility index (Phi) is 8.12. The van der Waals surface area contributed by atoms with Crippen LogP contribution in [0.2, 0.25) is 0 Å². The molecule has 2 fully saturated rings. The molecule has 2 aromatic heterocycles. The van der Waals surface area contributed by atoms with Crippen LogP contribution in [0.4, 0.5) is 23.7 Å². The lowest BCUT2D eigenvalue weighted by molar-refractivity contribution is 0.00578. The van der Waals surface area contributed by atoms with Gasteiger partial charge in [0.15, 0.2) is 5.82 Å². The maximum Gasteiger partial charge on any atom is 0.496 e. The Morgan fingerprint density at radius 2 is 1.78 bits per heavy atom. The number of nitrogens with one attached hydrogen (secondary N) is 1. The zero-order chi connectivity index (χ0) is 33.3. The van der Waals surface area contributed by atoms with Crippen LogP contribution >= 0.6 is 0 Å². The van der Waals surface area contributed by atoms with Gasteiger partial charge in [0, 0.05) is 36.3 Å². The fraction of sp³-hybridized carbons (Fsp3) is 0.483. The van der Waals surface area contributed by atoms with Crippen LogP contribution < -0.4 is 10.2 Å². The number of benzene rings is 1. The van der Waals surface area contributed by atoms with Crippen molar-refractivity contribution in [2.45, 2.75) is 77.9 Å². The summed E-state index contributed by atoms with van der Waals surface area (Å²) in [4.78, 5) is 31.4. The summed E-state index contributed by atoms with van der Waals surface area (Å²) in [7, 11) is -5.33. The molecule has 1 atom stereocenters. The average molecular weight is 650 g/mol. The molecule has 4 heterocycles. The van der Waals surface area contributed by atoms with E-state index in [9.17, 15) is 22.4 Å². The summed E-state index contributed by atoms with van der Waals surface area (Å²) in [6, 6.07) is 3.03. The van der Waals surface area contributed by atoms with E-state index in [1.807, 2.05) is 32.4 Å². The van der Waals surface area contributed by atoms with E-state index < -0.39 is 81.6 Å². The van der Waals surface area contributed by atoms with E-state index >= 15 is 8.78 Å². The van der Waals surface area contributed by atoms with Crippen molar-refractivity contribution in [3.05, 3.63) is 53.4 Å². The molecule has 2 aliphatic rings. The standard InChI is InChI=1S/C29H34BF3N4O7S/c1-27(2,3)42-26(39)37-15-19(18-12-16(13-34-25(18)37)30-43-28(4,5)29(6,7)44-30)24(38)22-20(32)8-9-21(23(22)33)35-45(40,41)36-11-10-17(31)14-36/h8-9,12-13,15,17,35H,10-11,14H2,1-7H3/t17-/m1/s1. The molecule has 0 saturated carbocycles. The number of carbonyl (C=O) groups excluding carboxylic acids is 2. The third-order valence-corrected chi connectivity index (χ3v) is 9.50. The first-order valence-corrected chi connectivity index (χ1v) is 15.7. The number of aromatic nitrogens is 2. The second-order valence-corrected chi connectivity index (χ2v) is 14.8. The minimum absolute atomic E-state index is 0.0276. The number of ether oxygens (including phenoxy) is 1. The Balaban J connectivity index is 1.60. The highest BCUT2D eigenvalue weighted by atomic mass is 32.2. The first-order valence-electron chi connectivity index (χ1n) is 14.3. The molecule has 0 bridgehead atoms. The zero-order valence-corrected chi connectivity index (χ0v) is 26.7. The normalized spacial score (nSPS) is 20.1. The number of anilines is 1. The number of halogens is 3. The molecular weight excluding hydrogens is 616 g/mol. The molecule has 11 nitrogen and oxygen atoms in total. The zero-order valence-electron chi connectivity index (χ0n) is 25.9. The van der Waals surface area contributed by atoms with E-state index in [1.165, 1.54) is 12.3 Å². The van der Waals surface area contributed by atoms with Gasteiger partial charge in [0.1, 0.15) is 23.2 Å². The topological polar surface area (TPSA) is 129 Å². The number of fused-ring (bicyclic) bond motifs is 1. The SMILES string of the molecule is CC(C)(C)OC(=O)n1cc(C(=O)c2c(F)ccc(NS(=O)(=O)N3CC[C@@H](F)C3)c2F)c2cc(B3OC(C)(C)C(C)(C)O3)cnc21. The molecule has 45 heavy (non-hydrogen) atoms. The molecule has 3 aromatic rings. The largest absolute Gasteiger partial charge is 0.496 e. The lowest BCUT2D eigenvalue weighted by Gasteiger charge is -2.32. The van der Waals surface area contributed by atoms with Crippen molar-refractivity contribution in [2.75, 3.05) is 17.8 Å². The van der Waals surface area contributed by atoms with E-state index in [-0.39, 0.29) is 29.6 Å². The molecule has 0 amide bonds. The Bertz CT molecular complexity index is 1790. The van der Waals surface area contributed by atoms with E-state index in [4.69, 9.17) is 14.0 Å². The van der Waals surface area contributed by atoms with Crippen molar-refractivity contribution in [2.24, 2.45) is 0 Å². The van der Waals surface area contributed by atoms with Gasteiger partial charge in [-0.15, -0.1) is 0 Å². The van der Waals surface area contributed by atoms with Crippen molar-refractivity contribution in [1.29, 1.82) is 0 Å². The quantitative estimate of drug-likeness (QED) is 0.309. The van der Waals surface area contributed by atoms with Crippen LogP contribution in [0.3, 0.4) is 0 Å². The van der Waals surface area contributed by atoms with Crippen LogP contribution in [0.15, 0.2) is 30.6 Å². The summed E-state index contributed by atoms with van der Waals surface area (Å²) in [5.74, 6) is -3.97. The van der Waals surface area contributed by atoms with Gasteiger partial charge in [0.05, 0.1) is 28.0 Å². The predicted molar refractivity (Wildman–Crippen MR) is 160 cm³/mol. The maximum absolute atomic E-state index is 15.8. The molecule has 0 aliphatic carbocycles. The summed E-state index contributed by atoms with van der Waals surface area (Å²) < 4.78 is 91.6. The fourth-order valence-corrected chi connectivity index (χ4v) is 6.21. The van der Waals surface area contributed by atoms with Gasteiger partial charge in [-0.1, -0.05) is 0 Å². The molecule has 16 heteroatoms. The molecule has 0 radical (unpaired) electrons. The van der Waals surface area contributed by atoms with Gasteiger partial charge in [-0.05, 0) is 73.1 Å². The number of carbonyl (C=O) groups is 2. The summed E-state index contributed by atoms with van der Waals surface area (Å²) in [5.41, 5.74) is -4.14. The summed E-state index contributed by atoms with van der Waals surface area (Å²) >= 11 is 0. The third-order valence-electron chi connectivity index (χ3n) is 8.02. The van der Waals surface area contributed by atoms with Crippen LogP contribution in [0.5, 0.6) is 0 Å². The second-order valence-electron chi connectivity index (χ2n) is 13.1. The van der Waals surface area contributed by atoms with Crippen molar-refractivity contribution >= 4 is 51.4 Å². The Hall–Kier alpha value is -3.47. The lowest BCUT2D eigenvalue weighted by Crippen LogP contribution is -2.41. The minimum atomic E-state index is -4.42. The first kappa shape index (κ1) is 32.9. The highest BCUT2D eigenvalue weighted by molar-refractivity contribution is 7.90. The van der Waals surface area contributed by atoms with Crippen LogP contribution in [0.1, 0.15) is 70.8 Å². The fourth-order valence-electron chi connectivity index (χ4n) is 4.95. The molecular formula is C29H34BF3N4O7S. The van der Waals surface area contributed by atoms with Crippen LogP contribution in [-0.4, -0.2) is 77.3 Å². The molecule has 2 saturated heterocycles. The predicted octanol–water partition coefficient (Wildman–Crippen LogP) is 4.33. The molecule has 1 N–H and O–H groups in total. The van der Waals surface area contributed by atoms with E-state index in [0.29, 0.717) is 5.46 Å². The van der Waals surface area contributed by atoms with Crippen LogP contribution in [-0.2, 0) is 24.3 Å². The maximum atomic E-state index is 15.8. The smallest absolute Gasteiger partial charge is 0.443 e. The summed E-state index contributed by atoms with van der Waals surface area (Å²) in [6.45, 7) is 11.7. The summed E-state index contributed by atoms with van der Waals surface area (Å²) in [6.07, 6.45) is 0.150.